The Bertz CT molecular complexity index is 906. The number of benzene rings is 2. The average molecular weight is 495 g/mol. The molecule has 0 saturated carbocycles. The molecule has 0 radical (unpaired) electrons. The standard InChI is InChI=1S/C27H38N2O.2C3H8/c1-7-21-17-22(25-11-9-8-10-24(25)20(4)5)18-23(16-19(2)3)26(21)27(30)29-14-12-28(6)13-15-29;2*1-3-2/h8-11,17-20H,7,12-16H2,1-6H3;2*3H2,1-2H3. The molecular weight excluding hydrogens is 440 g/mol. The number of carbonyl (C=O) groups is 1. The summed E-state index contributed by atoms with van der Waals surface area (Å²) in [6.07, 6.45) is 4.30. The number of hydrogen-bond donors (Lipinski definition) is 0. The Balaban J connectivity index is 0.000000982. The number of likely N-dealkylation sites (N-methyl/N-ethyl adjacent to an activating group) is 1. The Morgan fingerprint density at radius 1 is 0.833 bits per heavy atom. The Hall–Kier alpha value is -2.13. The summed E-state index contributed by atoms with van der Waals surface area (Å²) in [5.41, 5.74) is 7.27. The molecule has 1 aliphatic rings. The topological polar surface area (TPSA) is 23.6 Å². The molecule has 0 spiro atoms. The molecule has 1 heterocycles. The lowest BCUT2D eigenvalue weighted by molar-refractivity contribution is 0.0662. The van der Waals surface area contributed by atoms with Gasteiger partial charge < -0.3 is 9.80 Å². The van der Waals surface area contributed by atoms with Gasteiger partial charge in [0.1, 0.15) is 0 Å². The number of piperazine rings is 1. The van der Waals surface area contributed by atoms with Gasteiger partial charge in [-0.15, -0.1) is 0 Å². The van der Waals surface area contributed by atoms with Crippen molar-refractivity contribution in [3.05, 3.63) is 58.7 Å². The number of aryl methyl sites for hydroxylation is 1. The van der Waals surface area contributed by atoms with E-state index in [0.717, 1.165) is 44.6 Å². The van der Waals surface area contributed by atoms with E-state index < -0.39 is 0 Å². The summed E-state index contributed by atoms with van der Waals surface area (Å²) in [5, 5.41) is 0. The first-order valence-corrected chi connectivity index (χ1v) is 14.4. The third-order valence-electron chi connectivity index (χ3n) is 6.21. The molecule has 0 atom stereocenters. The van der Waals surface area contributed by atoms with Crippen molar-refractivity contribution in [1.82, 2.24) is 9.80 Å². The Labute approximate surface area is 223 Å². The number of carbonyl (C=O) groups excluding carboxylic acids is 1. The smallest absolute Gasteiger partial charge is 0.254 e. The summed E-state index contributed by atoms with van der Waals surface area (Å²) in [6.45, 7) is 23.2. The molecule has 3 nitrogen and oxygen atoms in total. The van der Waals surface area contributed by atoms with E-state index in [-0.39, 0.29) is 5.91 Å². The van der Waals surface area contributed by atoms with Gasteiger partial charge >= 0.3 is 0 Å². The van der Waals surface area contributed by atoms with Gasteiger partial charge in [0.15, 0.2) is 0 Å². The fraction of sp³-hybridized carbons (Fsp3) is 0.606. The minimum atomic E-state index is 0.222. The maximum atomic E-state index is 13.6. The molecule has 1 amide bonds. The first-order chi connectivity index (χ1) is 17.1. The van der Waals surface area contributed by atoms with Crippen LogP contribution in [-0.4, -0.2) is 48.9 Å². The summed E-state index contributed by atoms with van der Waals surface area (Å²) in [7, 11) is 2.13. The van der Waals surface area contributed by atoms with Crippen LogP contribution in [0.4, 0.5) is 0 Å². The lowest BCUT2D eigenvalue weighted by Gasteiger charge is -2.33. The summed E-state index contributed by atoms with van der Waals surface area (Å²) in [6, 6.07) is 13.3. The predicted molar refractivity (Wildman–Crippen MR) is 159 cm³/mol. The fourth-order valence-corrected chi connectivity index (χ4v) is 4.51. The maximum Gasteiger partial charge on any atom is 0.254 e. The van der Waals surface area contributed by atoms with E-state index in [1.807, 2.05) is 0 Å². The van der Waals surface area contributed by atoms with Crippen molar-refractivity contribution >= 4 is 5.91 Å². The minimum absolute atomic E-state index is 0.222. The van der Waals surface area contributed by atoms with Crippen molar-refractivity contribution in [1.29, 1.82) is 0 Å². The van der Waals surface area contributed by atoms with Crippen molar-refractivity contribution in [3.8, 4) is 11.1 Å². The van der Waals surface area contributed by atoms with Gasteiger partial charge in [0, 0.05) is 31.7 Å². The lowest BCUT2D eigenvalue weighted by Crippen LogP contribution is -2.47. The molecule has 36 heavy (non-hydrogen) atoms. The van der Waals surface area contributed by atoms with Gasteiger partial charge in [-0.1, -0.05) is 112 Å². The molecule has 202 valence electrons. The molecule has 0 unspecified atom stereocenters. The van der Waals surface area contributed by atoms with Gasteiger partial charge in [-0.25, -0.2) is 0 Å². The van der Waals surface area contributed by atoms with Crippen molar-refractivity contribution in [3.63, 3.8) is 0 Å². The summed E-state index contributed by atoms with van der Waals surface area (Å²) < 4.78 is 0. The number of rotatable bonds is 6. The van der Waals surface area contributed by atoms with Crippen LogP contribution >= 0.6 is 0 Å². The monoisotopic (exact) mass is 494 g/mol. The van der Waals surface area contributed by atoms with Crippen LogP contribution < -0.4 is 0 Å². The second-order valence-corrected chi connectivity index (χ2v) is 10.9. The normalized spacial score (nSPS) is 13.7. The molecule has 0 bridgehead atoms. The maximum absolute atomic E-state index is 13.6. The highest BCUT2D eigenvalue weighted by atomic mass is 16.2. The van der Waals surface area contributed by atoms with Crippen molar-refractivity contribution < 1.29 is 4.79 Å². The first kappa shape index (κ1) is 31.9. The van der Waals surface area contributed by atoms with E-state index in [4.69, 9.17) is 0 Å². The van der Waals surface area contributed by atoms with Crippen molar-refractivity contribution in [2.75, 3.05) is 33.2 Å². The lowest BCUT2D eigenvalue weighted by atomic mass is 9.86. The van der Waals surface area contributed by atoms with Gasteiger partial charge in [0.2, 0.25) is 0 Å². The molecule has 0 N–H and O–H groups in total. The van der Waals surface area contributed by atoms with E-state index >= 15 is 0 Å². The van der Waals surface area contributed by atoms with E-state index in [2.05, 4.69) is 116 Å². The molecule has 0 aliphatic carbocycles. The van der Waals surface area contributed by atoms with E-state index in [1.165, 1.54) is 40.7 Å². The average Bonchev–Trinajstić information content (AvgIpc) is 2.84. The third kappa shape index (κ3) is 9.39. The summed E-state index contributed by atoms with van der Waals surface area (Å²) in [5.74, 6) is 1.19. The molecule has 2 aromatic carbocycles. The second-order valence-electron chi connectivity index (χ2n) is 10.9. The second kappa shape index (κ2) is 16.6. The zero-order valence-corrected chi connectivity index (χ0v) is 25.1. The highest BCUT2D eigenvalue weighted by Crippen LogP contribution is 2.33. The molecular formula is C33H54N2O. The van der Waals surface area contributed by atoms with Crippen LogP contribution in [0.2, 0.25) is 0 Å². The van der Waals surface area contributed by atoms with Gasteiger partial charge in [0.25, 0.3) is 5.91 Å². The van der Waals surface area contributed by atoms with Gasteiger partial charge in [-0.3, -0.25) is 4.79 Å². The van der Waals surface area contributed by atoms with Crippen LogP contribution in [0, 0.1) is 5.92 Å². The third-order valence-corrected chi connectivity index (χ3v) is 6.21. The zero-order chi connectivity index (χ0) is 27.3. The van der Waals surface area contributed by atoms with Gasteiger partial charge in [-0.05, 0) is 59.5 Å². The number of hydrogen-bond acceptors (Lipinski definition) is 2. The van der Waals surface area contributed by atoms with Crippen molar-refractivity contribution in [2.24, 2.45) is 5.92 Å². The SMILES string of the molecule is CCC.CCC.CCc1cc(-c2ccccc2C(C)C)cc(CC(C)C)c1C(=O)N1CCN(C)CC1. The van der Waals surface area contributed by atoms with E-state index in [9.17, 15) is 4.79 Å². The summed E-state index contributed by atoms with van der Waals surface area (Å²) >= 11 is 0. The molecule has 1 saturated heterocycles. The minimum Gasteiger partial charge on any atom is -0.336 e. The molecule has 3 rings (SSSR count). The Kier molecular flexibility index (Phi) is 14.7. The zero-order valence-electron chi connectivity index (χ0n) is 25.1. The molecule has 3 heteroatoms. The highest BCUT2D eigenvalue weighted by Gasteiger charge is 2.26. The van der Waals surface area contributed by atoms with Crippen molar-refractivity contribution in [2.45, 2.75) is 93.9 Å². The van der Waals surface area contributed by atoms with Crippen LogP contribution in [0.5, 0.6) is 0 Å². The highest BCUT2D eigenvalue weighted by molar-refractivity contribution is 5.98. The number of nitrogens with zero attached hydrogens (tertiary/aromatic N) is 2. The molecule has 0 aromatic heterocycles. The van der Waals surface area contributed by atoms with Crippen LogP contribution in [-0.2, 0) is 12.8 Å². The van der Waals surface area contributed by atoms with Gasteiger partial charge in [0.05, 0.1) is 0 Å². The van der Waals surface area contributed by atoms with E-state index in [0.29, 0.717) is 11.8 Å². The number of amides is 1. The predicted octanol–water partition coefficient (Wildman–Crippen LogP) is 8.46. The Morgan fingerprint density at radius 3 is 1.86 bits per heavy atom. The van der Waals surface area contributed by atoms with Crippen LogP contribution in [0.1, 0.15) is 108 Å². The van der Waals surface area contributed by atoms with E-state index in [1.54, 1.807) is 0 Å². The first-order valence-electron chi connectivity index (χ1n) is 14.4. The Morgan fingerprint density at radius 2 is 1.36 bits per heavy atom. The quantitative estimate of drug-likeness (QED) is 0.402. The van der Waals surface area contributed by atoms with Crippen LogP contribution in [0.25, 0.3) is 11.1 Å². The van der Waals surface area contributed by atoms with Gasteiger partial charge in [-0.2, -0.15) is 0 Å². The molecule has 2 aromatic rings. The van der Waals surface area contributed by atoms with Crippen LogP contribution in [0.15, 0.2) is 36.4 Å². The largest absolute Gasteiger partial charge is 0.336 e. The van der Waals surface area contributed by atoms with Crippen LogP contribution in [0.3, 0.4) is 0 Å². The summed E-state index contributed by atoms with van der Waals surface area (Å²) in [4.78, 5) is 18.0. The molecule has 1 aliphatic heterocycles. The fourth-order valence-electron chi connectivity index (χ4n) is 4.51. The molecule has 1 fully saturated rings.